The summed E-state index contributed by atoms with van der Waals surface area (Å²) in [5, 5.41) is 12.0. The first kappa shape index (κ1) is 31.9. The lowest BCUT2D eigenvalue weighted by Crippen LogP contribution is -2.42. The van der Waals surface area contributed by atoms with E-state index in [1.54, 1.807) is 47.9 Å². The van der Waals surface area contributed by atoms with Crippen LogP contribution in [0.5, 0.6) is 5.75 Å². The highest BCUT2D eigenvalue weighted by atomic mass is 32.2. The molecule has 0 saturated carbocycles. The molecular formula is C31H36F2N2O5S. The largest absolute Gasteiger partial charge is 0.492 e. The Balaban J connectivity index is 1.51. The van der Waals surface area contributed by atoms with Gasteiger partial charge in [-0.05, 0) is 48.4 Å². The van der Waals surface area contributed by atoms with Gasteiger partial charge in [-0.25, -0.2) is 18.4 Å². The summed E-state index contributed by atoms with van der Waals surface area (Å²) in [6.45, 7) is 3.01. The number of urea groups is 1. The van der Waals surface area contributed by atoms with E-state index in [0.29, 0.717) is 25.4 Å². The SMILES string of the molecule is CCOC(Cc1ccc(OCCN(CCCSCc2ccccc2)C(=O)NCc2ccc(F)cc2F)cc1)C(=O)O. The number of hydrogen-bond donors (Lipinski definition) is 2. The maximum absolute atomic E-state index is 14.0. The maximum atomic E-state index is 14.0. The topological polar surface area (TPSA) is 88.1 Å². The van der Waals surface area contributed by atoms with Crippen LogP contribution in [-0.2, 0) is 28.2 Å². The molecule has 41 heavy (non-hydrogen) atoms. The summed E-state index contributed by atoms with van der Waals surface area (Å²) in [4.78, 5) is 25.9. The van der Waals surface area contributed by atoms with E-state index in [9.17, 15) is 23.5 Å². The number of amides is 2. The molecule has 0 aromatic heterocycles. The summed E-state index contributed by atoms with van der Waals surface area (Å²) in [6.07, 6.45) is 0.0942. The van der Waals surface area contributed by atoms with Gasteiger partial charge < -0.3 is 24.8 Å². The molecule has 0 aliphatic heterocycles. The molecule has 10 heteroatoms. The first-order valence-electron chi connectivity index (χ1n) is 13.5. The second kappa shape index (κ2) is 17.2. The number of halogens is 2. The van der Waals surface area contributed by atoms with Gasteiger partial charge in [-0.1, -0.05) is 48.5 Å². The van der Waals surface area contributed by atoms with E-state index in [4.69, 9.17) is 9.47 Å². The molecule has 0 radical (unpaired) electrons. The number of nitrogens with zero attached hydrogens (tertiary/aromatic N) is 1. The van der Waals surface area contributed by atoms with Crippen LogP contribution in [0.2, 0.25) is 0 Å². The lowest BCUT2D eigenvalue weighted by atomic mass is 10.1. The van der Waals surface area contributed by atoms with Crippen LogP contribution in [0.25, 0.3) is 0 Å². The van der Waals surface area contributed by atoms with Gasteiger partial charge in [-0.3, -0.25) is 0 Å². The van der Waals surface area contributed by atoms with Crippen LogP contribution in [0.3, 0.4) is 0 Å². The quantitative estimate of drug-likeness (QED) is 0.191. The van der Waals surface area contributed by atoms with E-state index in [-0.39, 0.29) is 31.2 Å². The molecule has 0 aliphatic carbocycles. The molecular weight excluding hydrogens is 550 g/mol. The predicted octanol–water partition coefficient (Wildman–Crippen LogP) is 5.91. The minimum absolute atomic E-state index is 0.0639. The molecule has 3 rings (SSSR count). The van der Waals surface area contributed by atoms with Crippen LogP contribution in [0, 0.1) is 11.6 Å². The number of hydrogen-bond acceptors (Lipinski definition) is 5. The molecule has 1 unspecified atom stereocenters. The fourth-order valence-corrected chi connectivity index (χ4v) is 4.92. The van der Waals surface area contributed by atoms with Crippen molar-refractivity contribution < 1.29 is 33.0 Å². The van der Waals surface area contributed by atoms with Crippen molar-refractivity contribution in [3.63, 3.8) is 0 Å². The van der Waals surface area contributed by atoms with Gasteiger partial charge in [0.1, 0.15) is 24.0 Å². The highest BCUT2D eigenvalue weighted by molar-refractivity contribution is 7.98. The Kier molecular flexibility index (Phi) is 13.4. The minimum Gasteiger partial charge on any atom is -0.492 e. The number of rotatable bonds is 17. The van der Waals surface area contributed by atoms with E-state index in [2.05, 4.69) is 17.4 Å². The van der Waals surface area contributed by atoms with Gasteiger partial charge in [0, 0.05) is 43.5 Å². The van der Waals surface area contributed by atoms with Crippen molar-refractivity contribution in [1.29, 1.82) is 0 Å². The van der Waals surface area contributed by atoms with Crippen LogP contribution in [0.1, 0.15) is 30.0 Å². The summed E-state index contributed by atoms with van der Waals surface area (Å²) >= 11 is 1.78. The van der Waals surface area contributed by atoms with Crippen molar-refractivity contribution in [2.45, 2.75) is 38.2 Å². The predicted molar refractivity (Wildman–Crippen MR) is 156 cm³/mol. The zero-order chi connectivity index (χ0) is 29.5. The summed E-state index contributed by atoms with van der Waals surface area (Å²) in [5.41, 5.74) is 2.24. The van der Waals surface area contributed by atoms with Crippen molar-refractivity contribution in [3.05, 3.63) is 101 Å². The Morgan fingerprint density at radius 2 is 1.76 bits per heavy atom. The van der Waals surface area contributed by atoms with Crippen LogP contribution in [0.15, 0.2) is 72.8 Å². The number of carboxylic acid groups (broad SMARTS) is 1. The van der Waals surface area contributed by atoms with E-state index in [0.717, 1.165) is 35.6 Å². The Bertz CT molecular complexity index is 1230. The van der Waals surface area contributed by atoms with Crippen molar-refractivity contribution in [2.75, 3.05) is 32.1 Å². The van der Waals surface area contributed by atoms with Gasteiger partial charge in [-0.15, -0.1) is 0 Å². The first-order valence-corrected chi connectivity index (χ1v) is 14.7. The van der Waals surface area contributed by atoms with Gasteiger partial charge in [0.2, 0.25) is 0 Å². The van der Waals surface area contributed by atoms with Crippen molar-refractivity contribution in [2.24, 2.45) is 0 Å². The number of benzene rings is 3. The van der Waals surface area contributed by atoms with Crippen LogP contribution >= 0.6 is 11.8 Å². The van der Waals surface area contributed by atoms with Crippen LogP contribution < -0.4 is 10.1 Å². The Hall–Kier alpha value is -3.63. The van der Waals surface area contributed by atoms with Gasteiger partial charge in [0.25, 0.3) is 0 Å². The molecule has 3 aromatic carbocycles. The fourth-order valence-electron chi connectivity index (χ4n) is 4.01. The van der Waals surface area contributed by atoms with E-state index < -0.39 is 23.7 Å². The number of carboxylic acids is 1. The molecule has 220 valence electrons. The zero-order valence-electron chi connectivity index (χ0n) is 23.1. The number of carbonyl (C=O) groups excluding carboxylic acids is 1. The van der Waals surface area contributed by atoms with E-state index in [1.165, 1.54) is 11.6 Å². The standard InChI is InChI=1S/C31H36F2N2O5S/c1-2-39-29(30(36)37)19-23-9-13-27(14-10-23)40-17-16-35(15-6-18-41-22-24-7-4-3-5-8-24)31(38)34-21-25-11-12-26(32)20-28(25)33/h3-5,7-14,20,29H,2,6,15-19,21-22H2,1H3,(H,34,38)(H,36,37). The Morgan fingerprint density at radius 1 is 1.00 bits per heavy atom. The minimum atomic E-state index is -1.01. The average molecular weight is 587 g/mol. The van der Waals surface area contributed by atoms with Gasteiger partial charge in [-0.2, -0.15) is 11.8 Å². The van der Waals surface area contributed by atoms with Gasteiger partial charge in [0.15, 0.2) is 6.10 Å². The number of nitrogens with one attached hydrogen (secondary N) is 1. The Morgan fingerprint density at radius 3 is 2.44 bits per heavy atom. The highest BCUT2D eigenvalue weighted by Crippen LogP contribution is 2.16. The molecule has 0 aliphatic rings. The van der Waals surface area contributed by atoms with Crippen LogP contribution in [-0.4, -0.2) is 60.2 Å². The van der Waals surface area contributed by atoms with Crippen LogP contribution in [0.4, 0.5) is 13.6 Å². The first-order chi connectivity index (χ1) is 19.9. The fraction of sp³-hybridized carbons (Fsp3) is 0.355. The monoisotopic (exact) mass is 586 g/mol. The number of thioether (sulfide) groups is 1. The van der Waals surface area contributed by atoms with Gasteiger partial charge in [0.05, 0.1) is 6.54 Å². The summed E-state index contributed by atoms with van der Waals surface area (Å²) in [7, 11) is 0. The molecule has 2 N–H and O–H groups in total. The number of aliphatic carboxylic acids is 1. The van der Waals surface area contributed by atoms with Crippen molar-refractivity contribution in [3.8, 4) is 5.75 Å². The molecule has 0 bridgehead atoms. The third-order valence-corrected chi connectivity index (χ3v) is 7.29. The zero-order valence-corrected chi connectivity index (χ0v) is 23.9. The third-order valence-electron chi connectivity index (χ3n) is 6.18. The normalized spacial score (nSPS) is 11.6. The average Bonchev–Trinajstić information content (AvgIpc) is 2.96. The molecule has 0 heterocycles. The van der Waals surface area contributed by atoms with E-state index in [1.807, 2.05) is 18.2 Å². The lowest BCUT2D eigenvalue weighted by molar-refractivity contribution is -0.149. The molecule has 0 saturated heterocycles. The summed E-state index contributed by atoms with van der Waals surface area (Å²) in [6, 6.07) is 20.1. The maximum Gasteiger partial charge on any atom is 0.333 e. The molecule has 7 nitrogen and oxygen atoms in total. The molecule has 2 amide bonds. The molecule has 1 atom stereocenters. The van der Waals surface area contributed by atoms with Gasteiger partial charge >= 0.3 is 12.0 Å². The summed E-state index contributed by atoms with van der Waals surface area (Å²) < 4.78 is 38.4. The van der Waals surface area contributed by atoms with Crippen molar-refractivity contribution >= 4 is 23.8 Å². The Labute approximate surface area is 243 Å². The molecule has 3 aromatic rings. The summed E-state index contributed by atoms with van der Waals surface area (Å²) in [5.74, 6) is -0.0684. The lowest BCUT2D eigenvalue weighted by Gasteiger charge is -2.23. The molecule has 0 spiro atoms. The highest BCUT2D eigenvalue weighted by Gasteiger charge is 2.18. The third kappa shape index (κ3) is 11.4. The number of carbonyl (C=O) groups is 2. The smallest absolute Gasteiger partial charge is 0.333 e. The second-order valence-electron chi connectivity index (χ2n) is 9.25. The number of ether oxygens (including phenoxy) is 2. The second-order valence-corrected chi connectivity index (χ2v) is 10.4. The van der Waals surface area contributed by atoms with E-state index >= 15 is 0 Å². The van der Waals surface area contributed by atoms with Crippen molar-refractivity contribution in [1.82, 2.24) is 10.2 Å². The molecule has 0 fully saturated rings.